The fraction of sp³-hybridized carbons (Fsp3) is 0.222. The lowest BCUT2D eigenvalue weighted by Gasteiger charge is -2.02. The molecule has 2 aromatic carbocycles. The minimum Gasteiger partial charge on any atom is -0.380 e. The Bertz CT molecular complexity index is 982. The number of fused-ring (bicyclic) bond motifs is 2. The number of hydrogen-bond acceptors (Lipinski definition) is 5. The monoisotopic (exact) mass is 438 g/mol. The average Bonchev–Trinajstić information content (AvgIpc) is 3.23. The maximum absolute atomic E-state index is 5.99. The molecule has 0 spiro atoms. The third-order valence-corrected chi connectivity index (χ3v) is 5.92. The molecule has 9 heteroatoms. The van der Waals surface area contributed by atoms with Crippen molar-refractivity contribution >= 4 is 68.8 Å². The second-order valence-electron chi connectivity index (χ2n) is 5.72. The van der Waals surface area contributed by atoms with E-state index in [4.69, 9.17) is 27.9 Å². The van der Waals surface area contributed by atoms with Gasteiger partial charge in [-0.05, 0) is 36.4 Å². The van der Waals surface area contributed by atoms with Crippen LogP contribution in [-0.4, -0.2) is 44.7 Å². The number of nitrogens with zero attached hydrogens (tertiary/aromatic N) is 2. The normalized spacial score (nSPS) is 11.6. The summed E-state index contributed by atoms with van der Waals surface area (Å²) >= 11 is 15.3. The molecule has 140 valence electrons. The summed E-state index contributed by atoms with van der Waals surface area (Å²) in [6.45, 7) is 1.33. The van der Waals surface area contributed by atoms with E-state index < -0.39 is 0 Å². The maximum atomic E-state index is 5.99. The van der Waals surface area contributed by atoms with Crippen LogP contribution >= 0.6 is 46.7 Å². The zero-order chi connectivity index (χ0) is 18.6. The van der Waals surface area contributed by atoms with Crippen LogP contribution in [0.25, 0.3) is 22.1 Å². The van der Waals surface area contributed by atoms with E-state index in [-0.39, 0.29) is 0 Å². The van der Waals surface area contributed by atoms with E-state index in [2.05, 4.69) is 19.9 Å². The van der Waals surface area contributed by atoms with Crippen LogP contribution < -0.4 is 0 Å². The maximum Gasteiger partial charge on any atom is 0.166 e. The number of aromatic amines is 2. The molecule has 2 heterocycles. The number of rotatable bonds is 8. The summed E-state index contributed by atoms with van der Waals surface area (Å²) in [5.74, 6) is 1.67. The summed E-state index contributed by atoms with van der Waals surface area (Å²) in [5, 5.41) is 3.17. The van der Waals surface area contributed by atoms with Crippen molar-refractivity contribution in [2.75, 3.05) is 24.7 Å². The van der Waals surface area contributed by atoms with Gasteiger partial charge < -0.3 is 14.7 Å². The summed E-state index contributed by atoms with van der Waals surface area (Å²) in [6.07, 6.45) is 0. The lowest BCUT2D eigenvalue weighted by atomic mass is 10.3. The fourth-order valence-electron chi connectivity index (χ4n) is 2.55. The summed E-state index contributed by atoms with van der Waals surface area (Å²) < 4.78 is 5.70. The van der Waals surface area contributed by atoms with Crippen molar-refractivity contribution in [2.45, 2.75) is 10.3 Å². The van der Waals surface area contributed by atoms with Crippen LogP contribution in [0.5, 0.6) is 0 Å². The van der Waals surface area contributed by atoms with Crippen molar-refractivity contribution in [2.24, 2.45) is 0 Å². The van der Waals surface area contributed by atoms with Crippen molar-refractivity contribution in [3.05, 3.63) is 46.4 Å². The molecule has 5 nitrogen and oxygen atoms in total. The van der Waals surface area contributed by atoms with Crippen molar-refractivity contribution in [3.8, 4) is 0 Å². The highest BCUT2D eigenvalue weighted by atomic mass is 35.5. The van der Waals surface area contributed by atoms with Gasteiger partial charge >= 0.3 is 0 Å². The summed E-state index contributed by atoms with van der Waals surface area (Å²) in [7, 11) is 0. The number of benzene rings is 2. The highest BCUT2D eigenvalue weighted by Crippen LogP contribution is 2.23. The number of imidazole rings is 2. The van der Waals surface area contributed by atoms with Gasteiger partial charge in [-0.2, -0.15) is 0 Å². The topological polar surface area (TPSA) is 66.6 Å². The van der Waals surface area contributed by atoms with E-state index in [0.29, 0.717) is 23.3 Å². The number of halogens is 2. The first-order chi connectivity index (χ1) is 13.2. The molecule has 0 aliphatic carbocycles. The summed E-state index contributed by atoms with van der Waals surface area (Å²) in [5.41, 5.74) is 3.75. The number of aromatic nitrogens is 4. The van der Waals surface area contributed by atoms with Crippen molar-refractivity contribution in [3.63, 3.8) is 0 Å². The lowest BCUT2D eigenvalue weighted by Crippen LogP contribution is -2.01. The number of ether oxygens (including phenoxy) is 1. The van der Waals surface area contributed by atoms with E-state index in [1.54, 1.807) is 23.5 Å². The largest absolute Gasteiger partial charge is 0.380 e. The number of thioether (sulfide) groups is 2. The van der Waals surface area contributed by atoms with Gasteiger partial charge in [-0.3, -0.25) is 0 Å². The van der Waals surface area contributed by atoms with E-state index in [1.807, 2.05) is 36.4 Å². The average molecular weight is 439 g/mol. The quantitative estimate of drug-likeness (QED) is 0.275. The van der Waals surface area contributed by atoms with Gasteiger partial charge in [0.25, 0.3) is 0 Å². The minimum atomic E-state index is 0.665. The van der Waals surface area contributed by atoms with E-state index in [0.717, 1.165) is 43.9 Å². The number of H-pyrrole nitrogens is 2. The SMILES string of the molecule is Clc1ccc2nc(SCCOCCSc3nc4ccc(Cl)cc4[nH]3)[nH]c2c1. The van der Waals surface area contributed by atoms with Crippen molar-refractivity contribution in [1.82, 2.24) is 19.9 Å². The highest BCUT2D eigenvalue weighted by molar-refractivity contribution is 7.99. The third-order valence-electron chi connectivity index (χ3n) is 3.78. The van der Waals surface area contributed by atoms with E-state index in [1.165, 1.54) is 0 Å². The molecular formula is C18H16Cl2N4OS2. The molecule has 0 amide bonds. The van der Waals surface area contributed by atoms with Crippen LogP contribution in [0.15, 0.2) is 46.7 Å². The Kier molecular flexibility index (Phi) is 6.14. The Morgan fingerprint density at radius 3 is 1.74 bits per heavy atom. The molecule has 0 unspecified atom stereocenters. The number of nitrogens with one attached hydrogen (secondary N) is 2. The van der Waals surface area contributed by atoms with Crippen molar-refractivity contribution in [1.29, 1.82) is 0 Å². The lowest BCUT2D eigenvalue weighted by molar-refractivity contribution is 0.167. The molecule has 0 saturated heterocycles. The molecule has 2 aromatic heterocycles. The van der Waals surface area contributed by atoms with Crippen LogP contribution in [0.1, 0.15) is 0 Å². The Balaban J connectivity index is 1.16. The predicted molar refractivity (Wildman–Crippen MR) is 114 cm³/mol. The van der Waals surface area contributed by atoms with Gasteiger partial charge in [-0.25, -0.2) is 9.97 Å². The van der Waals surface area contributed by atoms with Gasteiger partial charge in [-0.15, -0.1) is 0 Å². The van der Waals surface area contributed by atoms with Crippen LogP contribution in [-0.2, 0) is 4.74 Å². The Hall–Kier alpha value is -1.38. The van der Waals surface area contributed by atoms with Gasteiger partial charge in [0.1, 0.15) is 0 Å². The fourth-order valence-corrected chi connectivity index (χ4v) is 4.37. The Morgan fingerprint density at radius 1 is 0.778 bits per heavy atom. The molecule has 0 aliphatic heterocycles. The molecule has 0 radical (unpaired) electrons. The molecular weight excluding hydrogens is 423 g/mol. The van der Waals surface area contributed by atoms with Gasteiger partial charge in [0.15, 0.2) is 10.3 Å². The molecule has 0 atom stereocenters. The summed E-state index contributed by atoms with van der Waals surface area (Å²) in [6, 6.07) is 11.3. The van der Waals surface area contributed by atoms with Crippen LogP contribution in [0.4, 0.5) is 0 Å². The first kappa shape index (κ1) is 19.0. The minimum absolute atomic E-state index is 0.665. The molecule has 0 saturated carbocycles. The zero-order valence-corrected chi connectivity index (χ0v) is 17.3. The highest BCUT2D eigenvalue weighted by Gasteiger charge is 2.05. The molecule has 2 N–H and O–H groups in total. The molecule has 0 aliphatic rings. The van der Waals surface area contributed by atoms with Crippen molar-refractivity contribution < 1.29 is 4.74 Å². The predicted octanol–water partition coefficient (Wildman–Crippen LogP) is 5.65. The molecule has 4 rings (SSSR count). The first-order valence-electron chi connectivity index (χ1n) is 8.31. The smallest absolute Gasteiger partial charge is 0.166 e. The Labute approximate surface area is 174 Å². The van der Waals surface area contributed by atoms with Gasteiger partial charge in [0, 0.05) is 21.6 Å². The van der Waals surface area contributed by atoms with E-state index in [9.17, 15) is 0 Å². The standard InChI is InChI=1S/C18H16Cl2N4OS2/c19-11-1-3-13-15(9-11)23-17(21-13)26-7-5-25-6-8-27-18-22-14-4-2-12(20)10-16(14)24-18/h1-4,9-10H,5-8H2,(H,21,23)(H,22,24). The molecule has 4 aromatic rings. The third kappa shape index (κ3) is 4.92. The second kappa shape index (κ2) is 8.75. The number of hydrogen-bond donors (Lipinski definition) is 2. The second-order valence-corrected chi connectivity index (χ2v) is 8.76. The molecule has 0 fully saturated rings. The van der Waals surface area contributed by atoms with E-state index >= 15 is 0 Å². The van der Waals surface area contributed by atoms with Gasteiger partial charge in [0.05, 0.1) is 35.3 Å². The zero-order valence-electron chi connectivity index (χ0n) is 14.2. The van der Waals surface area contributed by atoms with Gasteiger partial charge in [-0.1, -0.05) is 46.7 Å². The summed E-state index contributed by atoms with van der Waals surface area (Å²) in [4.78, 5) is 15.6. The van der Waals surface area contributed by atoms with Crippen LogP contribution in [0.3, 0.4) is 0 Å². The first-order valence-corrected chi connectivity index (χ1v) is 11.0. The van der Waals surface area contributed by atoms with Crippen LogP contribution in [0, 0.1) is 0 Å². The van der Waals surface area contributed by atoms with Gasteiger partial charge in [0.2, 0.25) is 0 Å². The Morgan fingerprint density at radius 2 is 1.26 bits per heavy atom. The molecule has 0 bridgehead atoms. The molecule has 27 heavy (non-hydrogen) atoms. The van der Waals surface area contributed by atoms with Crippen LogP contribution in [0.2, 0.25) is 10.0 Å².